The van der Waals surface area contributed by atoms with E-state index in [1.807, 2.05) is 0 Å². The van der Waals surface area contributed by atoms with E-state index in [1.54, 1.807) is 0 Å². The Hall–Kier alpha value is 0.0969. The van der Waals surface area contributed by atoms with Crippen LogP contribution in [0.5, 0.6) is 0 Å². The molecule has 1 aliphatic heterocycles. The molecule has 82 valence electrons. The summed E-state index contributed by atoms with van der Waals surface area (Å²) in [6, 6.07) is 0.916. The van der Waals surface area contributed by atoms with Gasteiger partial charge in [0.05, 0.1) is 0 Å². The van der Waals surface area contributed by atoms with Gasteiger partial charge in [-0.2, -0.15) is 0 Å². The maximum Gasteiger partial charge on any atom is 0.177 e. The zero-order valence-electron chi connectivity index (χ0n) is 9.74. The van der Waals surface area contributed by atoms with Crippen LogP contribution in [0, 0.1) is 0 Å². The molecular formula is C10H23N3Si. The molecule has 0 spiro atoms. The van der Waals surface area contributed by atoms with Gasteiger partial charge < -0.3 is 0 Å². The van der Waals surface area contributed by atoms with E-state index in [-0.39, 0.29) is 9.84 Å². The molecule has 0 aromatic heterocycles. The Bertz CT molecular complexity index is 187. The Morgan fingerprint density at radius 3 is 2.29 bits per heavy atom. The Labute approximate surface area is 90.0 Å². The van der Waals surface area contributed by atoms with Crippen LogP contribution in [0.4, 0.5) is 0 Å². The summed E-state index contributed by atoms with van der Waals surface area (Å²) in [5, 5.41) is 0. The fourth-order valence-corrected chi connectivity index (χ4v) is 5.21. The van der Waals surface area contributed by atoms with Crippen LogP contribution >= 0.6 is 0 Å². The monoisotopic (exact) mass is 213 g/mol. The lowest BCUT2D eigenvalue weighted by atomic mass is 9.95. The van der Waals surface area contributed by atoms with Crippen molar-refractivity contribution < 1.29 is 0 Å². The minimum Gasteiger partial charge on any atom is -0.292 e. The van der Waals surface area contributed by atoms with Crippen LogP contribution in [-0.4, -0.2) is 57.3 Å². The molecule has 1 heterocycles. The van der Waals surface area contributed by atoms with Crippen LogP contribution in [0.1, 0.15) is 32.1 Å². The van der Waals surface area contributed by atoms with E-state index in [0.717, 1.165) is 6.04 Å². The van der Waals surface area contributed by atoms with Gasteiger partial charge in [-0.25, -0.2) is 0 Å². The van der Waals surface area contributed by atoms with E-state index >= 15 is 0 Å². The van der Waals surface area contributed by atoms with Crippen LogP contribution in [0.2, 0.25) is 0 Å². The number of hydrogen-bond acceptors (Lipinski definition) is 3. The van der Waals surface area contributed by atoms with Crippen molar-refractivity contribution in [3.63, 3.8) is 0 Å². The van der Waals surface area contributed by atoms with Gasteiger partial charge in [0.2, 0.25) is 0 Å². The van der Waals surface area contributed by atoms with Gasteiger partial charge in [0.25, 0.3) is 0 Å². The van der Waals surface area contributed by atoms with Gasteiger partial charge in [-0.05, 0) is 34.0 Å². The standard InChI is InChI=1S/C10H23N3Si/c1-11(2)10-12(3)14-13(10)9-7-5-4-6-8-9/h9-10H,4-8,14H2,1-3H3. The summed E-state index contributed by atoms with van der Waals surface area (Å²) in [5.74, 6) is 0. The van der Waals surface area contributed by atoms with E-state index < -0.39 is 0 Å². The molecule has 1 aliphatic carbocycles. The van der Waals surface area contributed by atoms with Crippen molar-refractivity contribution in [3.8, 4) is 0 Å². The molecule has 0 aromatic carbocycles. The third-order valence-electron chi connectivity index (χ3n) is 3.58. The summed E-state index contributed by atoms with van der Waals surface area (Å²) in [6.45, 7) is 0. The average Bonchev–Trinajstić information content (AvgIpc) is 2.14. The number of hydrogen-bond donors (Lipinski definition) is 0. The largest absolute Gasteiger partial charge is 0.292 e. The van der Waals surface area contributed by atoms with E-state index in [1.165, 1.54) is 32.1 Å². The maximum atomic E-state index is 2.79. The molecule has 3 nitrogen and oxygen atoms in total. The fourth-order valence-electron chi connectivity index (χ4n) is 2.97. The van der Waals surface area contributed by atoms with Gasteiger partial charge in [-0.15, -0.1) is 0 Å². The SMILES string of the molecule is CN(C)C1N(C)[SiH2]N1C1CCCCC1. The second-order valence-corrected chi connectivity index (χ2v) is 7.03. The Morgan fingerprint density at radius 1 is 1.14 bits per heavy atom. The van der Waals surface area contributed by atoms with Gasteiger partial charge in [0.15, 0.2) is 9.84 Å². The highest BCUT2D eigenvalue weighted by atomic mass is 28.2. The zero-order valence-corrected chi connectivity index (χ0v) is 11.2. The molecule has 1 saturated carbocycles. The molecule has 1 saturated heterocycles. The van der Waals surface area contributed by atoms with Crippen molar-refractivity contribution in [3.05, 3.63) is 0 Å². The third kappa shape index (κ3) is 1.89. The fraction of sp³-hybridized carbons (Fsp3) is 1.00. The molecule has 0 aromatic rings. The summed E-state index contributed by atoms with van der Waals surface area (Å²) in [4.78, 5) is 2.35. The van der Waals surface area contributed by atoms with Crippen molar-refractivity contribution >= 4 is 9.84 Å². The maximum absolute atomic E-state index is 2.79. The van der Waals surface area contributed by atoms with E-state index in [4.69, 9.17) is 0 Å². The molecule has 0 radical (unpaired) electrons. The van der Waals surface area contributed by atoms with Gasteiger partial charge in [-0.1, -0.05) is 19.3 Å². The summed E-state index contributed by atoms with van der Waals surface area (Å²) in [6.07, 6.45) is 7.90. The molecule has 2 rings (SSSR count). The molecule has 1 unspecified atom stereocenters. The predicted octanol–water partition coefficient (Wildman–Crippen LogP) is 0.410. The van der Waals surface area contributed by atoms with Gasteiger partial charge >= 0.3 is 0 Å². The van der Waals surface area contributed by atoms with Crippen LogP contribution < -0.4 is 0 Å². The highest BCUT2D eigenvalue weighted by Crippen LogP contribution is 2.28. The molecule has 2 fully saturated rings. The molecule has 14 heavy (non-hydrogen) atoms. The lowest BCUT2D eigenvalue weighted by Gasteiger charge is -2.56. The molecule has 0 N–H and O–H groups in total. The van der Waals surface area contributed by atoms with E-state index in [9.17, 15) is 0 Å². The van der Waals surface area contributed by atoms with Crippen molar-refractivity contribution in [1.82, 2.24) is 14.0 Å². The second kappa shape index (κ2) is 4.31. The zero-order chi connectivity index (χ0) is 10.1. The minimum absolute atomic E-state index is 0.0668. The molecule has 1 atom stereocenters. The van der Waals surface area contributed by atoms with Gasteiger partial charge in [0.1, 0.15) is 6.29 Å². The van der Waals surface area contributed by atoms with Crippen molar-refractivity contribution in [2.75, 3.05) is 21.1 Å². The first-order chi connectivity index (χ1) is 6.70. The molecule has 0 bridgehead atoms. The Kier molecular flexibility index (Phi) is 3.26. The summed E-state index contributed by atoms with van der Waals surface area (Å²) in [7, 11) is 6.61. The van der Waals surface area contributed by atoms with Gasteiger partial charge in [-0.3, -0.25) is 14.0 Å². The predicted molar refractivity (Wildman–Crippen MR) is 62.5 cm³/mol. The average molecular weight is 213 g/mol. The lowest BCUT2D eigenvalue weighted by Crippen LogP contribution is -2.72. The van der Waals surface area contributed by atoms with E-state index in [2.05, 4.69) is 35.2 Å². The van der Waals surface area contributed by atoms with Crippen LogP contribution in [-0.2, 0) is 0 Å². The molecule has 0 amide bonds. The first kappa shape index (κ1) is 10.6. The van der Waals surface area contributed by atoms with Crippen molar-refractivity contribution in [2.24, 2.45) is 0 Å². The Morgan fingerprint density at radius 2 is 1.79 bits per heavy atom. The number of nitrogens with zero attached hydrogens (tertiary/aromatic N) is 3. The second-order valence-electron chi connectivity index (χ2n) is 5.01. The highest BCUT2D eigenvalue weighted by Gasteiger charge is 2.39. The normalized spacial score (nSPS) is 33.9. The lowest BCUT2D eigenvalue weighted by molar-refractivity contribution is -0.0323. The Balaban J connectivity index is 1.91. The van der Waals surface area contributed by atoms with Crippen molar-refractivity contribution in [2.45, 2.75) is 44.4 Å². The minimum atomic E-state index is -0.0668. The summed E-state index contributed by atoms with van der Waals surface area (Å²) >= 11 is 0. The van der Waals surface area contributed by atoms with Crippen LogP contribution in [0.15, 0.2) is 0 Å². The quantitative estimate of drug-likeness (QED) is 0.615. The molecule has 2 aliphatic rings. The van der Waals surface area contributed by atoms with Crippen LogP contribution in [0.3, 0.4) is 0 Å². The van der Waals surface area contributed by atoms with Gasteiger partial charge in [0, 0.05) is 6.04 Å². The van der Waals surface area contributed by atoms with Crippen LogP contribution in [0.25, 0.3) is 0 Å². The third-order valence-corrected chi connectivity index (χ3v) is 5.53. The highest BCUT2D eigenvalue weighted by molar-refractivity contribution is 6.32. The first-order valence-corrected chi connectivity index (χ1v) is 7.09. The summed E-state index contributed by atoms with van der Waals surface area (Å²) in [5.41, 5.74) is 0. The molecule has 4 heteroatoms. The summed E-state index contributed by atoms with van der Waals surface area (Å²) < 4.78 is 5.34. The number of rotatable bonds is 2. The topological polar surface area (TPSA) is 9.72 Å². The smallest absolute Gasteiger partial charge is 0.177 e. The molecular weight excluding hydrogens is 190 g/mol. The first-order valence-electron chi connectivity index (χ1n) is 5.82. The van der Waals surface area contributed by atoms with E-state index in [0.29, 0.717) is 6.29 Å². The van der Waals surface area contributed by atoms with Crippen molar-refractivity contribution in [1.29, 1.82) is 0 Å².